The largest absolute Gasteiger partial charge is 0.737 e. The number of fused-ring (bicyclic) bond motifs is 2. The minimum atomic E-state index is -4.80. The molecule has 0 saturated heterocycles. The zero-order valence-electron chi connectivity index (χ0n) is 33.6. The van der Waals surface area contributed by atoms with E-state index in [9.17, 15) is 42.4 Å². The summed E-state index contributed by atoms with van der Waals surface area (Å²) in [4.78, 5) is 55.4. The fourth-order valence-electron chi connectivity index (χ4n) is 7.06. The van der Waals surface area contributed by atoms with Crippen molar-refractivity contribution >= 4 is 52.7 Å². The van der Waals surface area contributed by atoms with Gasteiger partial charge in [0.2, 0.25) is 23.6 Å². The number of unbranched alkanes of at least 4 members (excludes halogenated alkanes) is 1. The third kappa shape index (κ3) is 12.0. The predicted octanol–water partition coefficient (Wildman–Crippen LogP) is 2.87. The molecule has 0 aliphatic carbocycles. The van der Waals surface area contributed by atoms with E-state index in [-0.39, 0.29) is 37.9 Å². The predicted molar refractivity (Wildman–Crippen MR) is 212 cm³/mol. The van der Waals surface area contributed by atoms with Crippen molar-refractivity contribution in [3.8, 4) is 11.8 Å². The maximum Gasteiger partial charge on any atom is 0.737 e. The number of carbonyl (C=O) groups excluding carboxylic acids is 4. The molecule has 21 heteroatoms. The number of carbonyl (C=O) groups is 4. The average molecular weight is 839 g/mol. The smallest absolute Gasteiger partial charge is 0.492 e. The van der Waals surface area contributed by atoms with Crippen LogP contribution in [0.15, 0.2) is 35.5 Å². The third-order valence-corrected chi connectivity index (χ3v) is 10.4. The zero-order valence-corrected chi connectivity index (χ0v) is 34.4. The summed E-state index contributed by atoms with van der Waals surface area (Å²) in [7, 11) is 1.35. The van der Waals surface area contributed by atoms with Crippen molar-refractivity contribution in [2.75, 3.05) is 40.0 Å². The lowest BCUT2D eigenvalue weighted by atomic mass is 9.88. The van der Waals surface area contributed by atoms with Gasteiger partial charge >= 0.3 is 19.0 Å². The lowest BCUT2D eigenvalue weighted by Gasteiger charge is -2.32. The van der Waals surface area contributed by atoms with Gasteiger partial charge in [-0.3, -0.25) is 19.5 Å². The Morgan fingerprint density at radius 3 is 2.24 bits per heavy atom. The second kappa shape index (κ2) is 19.2. The highest BCUT2D eigenvalue weighted by Crippen LogP contribution is 2.39. The Kier molecular flexibility index (Phi) is 15.1. The van der Waals surface area contributed by atoms with Crippen molar-refractivity contribution in [2.24, 2.45) is 0 Å². The highest BCUT2D eigenvalue weighted by atomic mass is 32.2. The molecule has 2 aliphatic rings. The number of imide groups is 1. The quantitative estimate of drug-likeness (QED) is 0.0467. The fraction of sp³-hybridized carbons (Fsp3) is 0.541. The molecule has 1 unspecified atom stereocenters. The van der Waals surface area contributed by atoms with Crippen LogP contribution in [0.4, 0.5) is 13.4 Å². The molecular formula is C37H55BF2N7O10S+. The van der Waals surface area contributed by atoms with E-state index in [1.165, 1.54) is 4.48 Å². The van der Waals surface area contributed by atoms with Gasteiger partial charge in [0, 0.05) is 67.8 Å². The highest BCUT2D eigenvalue weighted by Gasteiger charge is 2.54. The topological polar surface area (TPSA) is 221 Å². The van der Waals surface area contributed by atoms with E-state index in [2.05, 4.69) is 31.8 Å². The SMILES string of the molecule is CCCC1=CC(CCC(=O)NC(=O)NC(CS(=O)(=O)O)C(=O)NCCCCC(=O)On2c(O)ccc2O)=[N+]2C1=Cc1c(CCC)cc(CCC[N+](C)(C)C)n1[B-]2(F)F. The molecule has 1 atom stereocenters. The number of amides is 4. The van der Waals surface area contributed by atoms with Crippen molar-refractivity contribution < 1.29 is 64.8 Å². The van der Waals surface area contributed by atoms with E-state index in [0.29, 0.717) is 58.4 Å². The molecule has 2 aromatic heterocycles. The van der Waals surface area contributed by atoms with Crippen LogP contribution >= 0.6 is 0 Å². The van der Waals surface area contributed by atoms with Gasteiger partial charge in [0.15, 0.2) is 5.70 Å². The minimum Gasteiger partial charge on any atom is -0.492 e. The lowest BCUT2D eigenvalue weighted by Crippen LogP contribution is -2.54. The molecule has 0 spiro atoms. The Bertz CT molecular complexity index is 2070. The zero-order chi connectivity index (χ0) is 43.0. The minimum absolute atomic E-state index is 0.0936. The van der Waals surface area contributed by atoms with Crippen molar-refractivity contribution in [1.29, 1.82) is 0 Å². The molecule has 0 radical (unpaired) electrons. The van der Waals surface area contributed by atoms with Gasteiger partial charge in [-0.05, 0) is 49.4 Å². The number of aromatic nitrogens is 2. The molecule has 4 rings (SSSR count). The number of urea groups is 1. The van der Waals surface area contributed by atoms with Gasteiger partial charge in [-0.2, -0.15) is 8.42 Å². The number of nitrogens with one attached hydrogen (secondary N) is 3. The summed E-state index contributed by atoms with van der Waals surface area (Å²) in [5.41, 5.74) is 3.22. The first kappa shape index (κ1) is 45.7. The summed E-state index contributed by atoms with van der Waals surface area (Å²) in [5, 5.41) is 25.6. The summed E-state index contributed by atoms with van der Waals surface area (Å²) in [6.45, 7) is 0.297. The summed E-state index contributed by atoms with van der Waals surface area (Å²) in [5.74, 6) is -4.93. The Balaban J connectivity index is 1.39. The summed E-state index contributed by atoms with van der Waals surface area (Å²) >= 11 is 0. The Hall–Kier alpha value is -5.02. The first-order valence-corrected chi connectivity index (χ1v) is 21.0. The van der Waals surface area contributed by atoms with Gasteiger partial charge in [0.25, 0.3) is 10.1 Å². The van der Waals surface area contributed by atoms with Gasteiger partial charge in [-0.1, -0.05) is 26.7 Å². The van der Waals surface area contributed by atoms with Crippen LogP contribution in [0.5, 0.6) is 11.8 Å². The molecule has 0 bridgehead atoms. The lowest BCUT2D eigenvalue weighted by molar-refractivity contribution is -0.870. The second-order valence-electron chi connectivity index (χ2n) is 15.6. The van der Waals surface area contributed by atoms with Crippen molar-refractivity contribution in [3.05, 3.63) is 52.5 Å². The summed E-state index contributed by atoms with van der Waals surface area (Å²) < 4.78 is 69.9. The molecule has 0 fully saturated rings. The summed E-state index contributed by atoms with van der Waals surface area (Å²) in [6.07, 6.45) is 6.92. The molecular weight excluding hydrogens is 783 g/mol. The van der Waals surface area contributed by atoms with Crippen LogP contribution in [-0.4, -0.2) is 124 Å². The number of allylic oxidation sites excluding steroid dienone is 2. The standard InChI is InChI=1S/C37H54BF2N7O10S/c1-6-11-25-21-27(13-10-20-47(3,4)5)44-30(25)23-31-26(12-7-2)22-28(45(31)38(44,39)40)15-16-32(48)43-37(53)42-29(24-58(54,55)56)36(52)41-19-9-8-14-35(51)57-46-33(49)17-18-34(46)50/h17-18,21-23,29H,6-16,19-20,24H2,1-5H3,(H5-,41,42,43,48,49,50,52,53,54,55,56)/p+1. The average Bonchev–Trinajstić information content (AvgIpc) is 3.75. The summed E-state index contributed by atoms with van der Waals surface area (Å²) in [6, 6.07) is 1.03. The third-order valence-electron chi connectivity index (χ3n) is 9.63. The number of hydrogen-bond donors (Lipinski definition) is 6. The number of rotatable bonds is 21. The molecule has 17 nitrogen and oxygen atoms in total. The van der Waals surface area contributed by atoms with Gasteiger partial charge < -0.3 is 47.8 Å². The van der Waals surface area contributed by atoms with Gasteiger partial charge in [-0.25, -0.2) is 9.59 Å². The molecule has 6 N–H and O–H groups in total. The van der Waals surface area contributed by atoms with E-state index < -0.39 is 70.9 Å². The highest BCUT2D eigenvalue weighted by molar-refractivity contribution is 7.85. The van der Waals surface area contributed by atoms with Crippen LogP contribution < -0.4 is 20.8 Å². The Morgan fingerprint density at radius 2 is 1.62 bits per heavy atom. The van der Waals surface area contributed by atoms with Crippen molar-refractivity contribution in [2.45, 2.75) is 90.5 Å². The van der Waals surface area contributed by atoms with E-state index in [1.54, 1.807) is 6.08 Å². The first-order chi connectivity index (χ1) is 27.1. The van der Waals surface area contributed by atoms with Crippen molar-refractivity contribution in [1.82, 2.24) is 25.2 Å². The van der Waals surface area contributed by atoms with Crippen LogP contribution in [0.25, 0.3) is 6.08 Å². The van der Waals surface area contributed by atoms with Crippen LogP contribution in [0.3, 0.4) is 0 Å². The molecule has 0 aromatic carbocycles. The first-order valence-electron chi connectivity index (χ1n) is 19.4. The van der Waals surface area contributed by atoms with E-state index in [0.717, 1.165) is 40.7 Å². The maximum atomic E-state index is 16.9. The monoisotopic (exact) mass is 838 g/mol. The van der Waals surface area contributed by atoms with Gasteiger partial charge in [0.1, 0.15) is 17.5 Å². The number of quaternary nitrogens is 1. The van der Waals surface area contributed by atoms with E-state index in [4.69, 9.17) is 4.84 Å². The molecule has 58 heavy (non-hydrogen) atoms. The maximum absolute atomic E-state index is 16.9. The van der Waals surface area contributed by atoms with E-state index in [1.807, 2.05) is 31.3 Å². The number of aromatic hydroxyl groups is 2. The number of nitrogens with zero attached hydrogens (tertiary/aromatic N) is 4. The number of halogens is 2. The van der Waals surface area contributed by atoms with Gasteiger partial charge in [0.05, 0.1) is 27.7 Å². The second-order valence-corrected chi connectivity index (χ2v) is 17.1. The molecule has 320 valence electrons. The Labute approximate surface area is 336 Å². The van der Waals surface area contributed by atoms with E-state index >= 15 is 8.63 Å². The normalized spacial score (nSPS) is 15.2. The molecule has 2 aliphatic heterocycles. The molecule has 0 saturated carbocycles. The molecule has 2 aromatic rings. The van der Waals surface area contributed by atoms with Crippen LogP contribution in [0.2, 0.25) is 0 Å². The van der Waals surface area contributed by atoms with Crippen LogP contribution in [0.1, 0.15) is 88.6 Å². The Morgan fingerprint density at radius 1 is 0.948 bits per heavy atom. The van der Waals surface area contributed by atoms with Crippen LogP contribution in [0, 0.1) is 0 Å². The van der Waals surface area contributed by atoms with Gasteiger partial charge in [-0.15, -0.1) is 4.73 Å². The number of aryl methyl sites for hydroxylation is 2. The van der Waals surface area contributed by atoms with Crippen molar-refractivity contribution in [3.63, 3.8) is 0 Å². The fourth-order valence-corrected chi connectivity index (χ4v) is 7.72. The number of hydrogen-bond acceptors (Lipinski definition) is 9. The van der Waals surface area contributed by atoms with Crippen LogP contribution in [-0.2, 0) is 37.3 Å². The molecule has 4 amide bonds. The molecule has 4 heterocycles.